The summed E-state index contributed by atoms with van der Waals surface area (Å²) in [6, 6.07) is 3.02. The van der Waals surface area contributed by atoms with Crippen molar-refractivity contribution in [2.24, 2.45) is 27.4 Å². The summed E-state index contributed by atoms with van der Waals surface area (Å²) in [5, 5.41) is 16.6. The minimum absolute atomic E-state index is 0.0467. The van der Waals surface area contributed by atoms with Gasteiger partial charge in [0.05, 0.1) is 0 Å². The van der Waals surface area contributed by atoms with E-state index in [1.165, 1.54) is 12.3 Å². The summed E-state index contributed by atoms with van der Waals surface area (Å²) in [5.41, 5.74) is 6.33. The predicted octanol–water partition coefficient (Wildman–Crippen LogP) is 0.215. The van der Waals surface area contributed by atoms with Gasteiger partial charge in [-0.15, -0.1) is 0 Å². The molecule has 1 saturated carbocycles. The fourth-order valence-corrected chi connectivity index (χ4v) is 3.08. The van der Waals surface area contributed by atoms with E-state index in [1.807, 2.05) is 13.8 Å². The van der Waals surface area contributed by atoms with Crippen molar-refractivity contribution >= 4 is 15.9 Å². The van der Waals surface area contributed by atoms with Crippen LogP contribution in [0.2, 0.25) is 0 Å². The van der Waals surface area contributed by atoms with Crippen LogP contribution in [0, 0.1) is 11.3 Å². The molecule has 0 radical (unpaired) electrons. The summed E-state index contributed by atoms with van der Waals surface area (Å²) in [6.07, 6.45) is 1.47. The summed E-state index contributed by atoms with van der Waals surface area (Å²) in [4.78, 5) is 3.84. The molecule has 0 bridgehead atoms. The van der Waals surface area contributed by atoms with Crippen molar-refractivity contribution in [1.29, 1.82) is 0 Å². The third-order valence-electron chi connectivity index (χ3n) is 3.67. The number of nitrogens with two attached hydrogens (primary N) is 2. The summed E-state index contributed by atoms with van der Waals surface area (Å²) in [5.74, 6) is 0.135. The lowest BCUT2D eigenvalue weighted by Gasteiger charge is -2.03. The third-order valence-corrected chi connectivity index (χ3v) is 4.50. The number of hydrogen-bond acceptors (Lipinski definition) is 5. The Morgan fingerprint density at radius 1 is 1.47 bits per heavy atom. The number of aromatic nitrogens is 1. The van der Waals surface area contributed by atoms with Crippen LogP contribution < -0.4 is 10.9 Å². The van der Waals surface area contributed by atoms with Gasteiger partial charge in [0, 0.05) is 18.0 Å². The van der Waals surface area contributed by atoms with E-state index in [1.54, 1.807) is 6.07 Å². The highest BCUT2D eigenvalue weighted by molar-refractivity contribution is 7.89. The summed E-state index contributed by atoms with van der Waals surface area (Å²) in [7, 11) is -3.79. The molecule has 5 N–H and O–H groups in total. The molecule has 7 nitrogen and oxygen atoms in total. The number of nitrogens with zero attached hydrogens (tertiary/aromatic N) is 2. The van der Waals surface area contributed by atoms with Gasteiger partial charge in [0.25, 0.3) is 10.0 Å². The molecule has 1 heterocycles. The number of pyridine rings is 1. The molecule has 1 fully saturated rings. The molecular weight excluding hydrogens is 268 g/mol. The molecule has 8 heteroatoms. The molecule has 0 saturated heterocycles. The highest BCUT2D eigenvalue weighted by atomic mass is 32.2. The van der Waals surface area contributed by atoms with Crippen LogP contribution >= 0.6 is 0 Å². The largest absolute Gasteiger partial charge is 0.409 e. The van der Waals surface area contributed by atoms with Crippen molar-refractivity contribution in [3.05, 3.63) is 23.9 Å². The first kappa shape index (κ1) is 13.8. The van der Waals surface area contributed by atoms with E-state index in [0.717, 1.165) is 5.56 Å². The number of sulfonamides is 1. The van der Waals surface area contributed by atoms with Crippen molar-refractivity contribution in [3.8, 4) is 0 Å². The van der Waals surface area contributed by atoms with E-state index in [4.69, 9.17) is 16.1 Å². The Balaban J connectivity index is 2.31. The second-order valence-corrected chi connectivity index (χ2v) is 6.78. The van der Waals surface area contributed by atoms with Gasteiger partial charge < -0.3 is 10.9 Å². The Kier molecular flexibility index (Phi) is 3.02. The average molecular weight is 284 g/mol. The Morgan fingerprint density at radius 2 is 2.11 bits per heavy atom. The summed E-state index contributed by atoms with van der Waals surface area (Å²) < 4.78 is 22.2. The van der Waals surface area contributed by atoms with E-state index < -0.39 is 10.0 Å². The molecule has 1 aliphatic carbocycles. The van der Waals surface area contributed by atoms with Crippen LogP contribution in [-0.4, -0.2) is 24.4 Å². The minimum atomic E-state index is -3.79. The number of oxime groups is 1. The molecule has 1 aliphatic rings. The van der Waals surface area contributed by atoms with E-state index in [-0.39, 0.29) is 28.1 Å². The van der Waals surface area contributed by atoms with Gasteiger partial charge >= 0.3 is 0 Å². The number of hydrogen-bond donors (Lipinski definition) is 3. The molecule has 0 spiro atoms. The SMILES string of the molecule is CC1(C)[C@@H](C(N)=NO)[C@@H]1c1ccc(S(N)(=O)=O)nc1. The fraction of sp³-hybridized carbons (Fsp3) is 0.455. The minimum Gasteiger partial charge on any atom is -0.409 e. The first-order valence-corrected chi connectivity index (χ1v) is 7.20. The fourth-order valence-electron chi connectivity index (χ4n) is 2.62. The van der Waals surface area contributed by atoms with Gasteiger partial charge in [0.1, 0.15) is 5.84 Å². The molecule has 0 aromatic carbocycles. The predicted molar refractivity (Wildman–Crippen MR) is 69.0 cm³/mol. The van der Waals surface area contributed by atoms with Gasteiger partial charge in [0.15, 0.2) is 5.03 Å². The third kappa shape index (κ3) is 2.28. The Hall–Kier alpha value is -1.67. The summed E-state index contributed by atoms with van der Waals surface area (Å²) in [6.45, 7) is 3.99. The van der Waals surface area contributed by atoms with Crippen molar-refractivity contribution in [2.75, 3.05) is 0 Å². The highest BCUT2D eigenvalue weighted by Crippen LogP contribution is 2.64. The van der Waals surface area contributed by atoms with Crippen LogP contribution in [0.3, 0.4) is 0 Å². The normalized spacial score (nSPS) is 26.2. The first-order valence-electron chi connectivity index (χ1n) is 5.65. The van der Waals surface area contributed by atoms with Crippen molar-refractivity contribution in [2.45, 2.75) is 24.8 Å². The van der Waals surface area contributed by atoms with Crippen LogP contribution in [-0.2, 0) is 10.0 Å². The zero-order valence-electron chi connectivity index (χ0n) is 10.6. The van der Waals surface area contributed by atoms with Gasteiger partial charge in [-0.3, -0.25) is 0 Å². The van der Waals surface area contributed by atoms with Gasteiger partial charge in [-0.25, -0.2) is 18.5 Å². The van der Waals surface area contributed by atoms with Crippen molar-refractivity contribution in [1.82, 2.24) is 4.98 Å². The first-order chi connectivity index (χ1) is 8.69. The molecule has 19 heavy (non-hydrogen) atoms. The standard InChI is InChI=1S/C11H16N4O3S/c1-11(2)8(9(11)10(12)15-16)6-3-4-7(14-5-6)19(13,17)18/h3-5,8-9,16H,1-2H3,(H2,12,15)(H2,13,17,18)/t8-,9+/m0/s1. The van der Waals surface area contributed by atoms with E-state index in [2.05, 4.69) is 10.1 Å². The maximum Gasteiger partial charge on any atom is 0.255 e. The summed E-state index contributed by atoms with van der Waals surface area (Å²) >= 11 is 0. The molecule has 0 unspecified atom stereocenters. The number of primary sulfonamides is 1. The van der Waals surface area contributed by atoms with Crippen LogP contribution in [0.1, 0.15) is 25.3 Å². The highest BCUT2D eigenvalue weighted by Gasteiger charge is 2.60. The molecule has 0 aliphatic heterocycles. The molecule has 2 rings (SSSR count). The van der Waals surface area contributed by atoms with E-state index >= 15 is 0 Å². The molecular formula is C11H16N4O3S. The molecule has 1 aromatic rings. The smallest absolute Gasteiger partial charge is 0.255 e. The van der Waals surface area contributed by atoms with Gasteiger partial charge in [-0.2, -0.15) is 0 Å². The molecule has 1 aromatic heterocycles. The lowest BCUT2D eigenvalue weighted by Crippen LogP contribution is -2.17. The Labute approximate surface area is 111 Å². The van der Waals surface area contributed by atoms with E-state index in [9.17, 15) is 8.42 Å². The monoisotopic (exact) mass is 284 g/mol. The lowest BCUT2D eigenvalue weighted by molar-refractivity contribution is 0.315. The second-order valence-electron chi connectivity index (χ2n) is 5.28. The van der Waals surface area contributed by atoms with Crippen LogP contribution in [0.15, 0.2) is 28.5 Å². The van der Waals surface area contributed by atoms with Crippen LogP contribution in [0.25, 0.3) is 0 Å². The number of rotatable bonds is 3. The second kappa shape index (κ2) is 4.17. The van der Waals surface area contributed by atoms with Gasteiger partial charge in [-0.05, 0) is 17.0 Å². The lowest BCUT2D eigenvalue weighted by atomic mass is 10.1. The van der Waals surface area contributed by atoms with Crippen LogP contribution in [0.4, 0.5) is 0 Å². The van der Waals surface area contributed by atoms with E-state index in [0.29, 0.717) is 0 Å². The van der Waals surface area contributed by atoms with Crippen molar-refractivity contribution < 1.29 is 13.6 Å². The van der Waals surface area contributed by atoms with Gasteiger partial charge in [0.2, 0.25) is 0 Å². The average Bonchev–Trinajstić information content (AvgIpc) is 2.90. The zero-order valence-corrected chi connectivity index (χ0v) is 11.4. The Bertz CT molecular complexity index is 622. The molecule has 0 amide bonds. The van der Waals surface area contributed by atoms with Crippen LogP contribution in [0.5, 0.6) is 0 Å². The molecule has 2 atom stereocenters. The zero-order chi connectivity index (χ0) is 14.4. The number of amidine groups is 1. The Morgan fingerprint density at radius 3 is 2.53 bits per heavy atom. The quantitative estimate of drug-likeness (QED) is 0.316. The van der Waals surface area contributed by atoms with Gasteiger partial charge in [-0.1, -0.05) is 25.1 Å². The maximum absolute atomic E-state index is 11.1. The topological polar surface area (TPSA) is 132 Å². The van der Waals surface area contributed by atoms with Crippen molar-refractivity contribution in [3.63, 3.8) is 0 Å². The maximum atomic E-state index is 11.1. The molecule has 104 valence electrons.